The molecule has 1 aliphatic carbocycles. The van der Waals surface area contributed by atoms with E-state index in [1.54, 1.807) is 18.3 Å². The minimum Gasteiger partial charge on any atom is -0.493 e. The minimum atomic E-state index is -0.321. The molecule has 0 unspecified atom stereocenters. The largest absolute Gasteiger partial charge is 0.493 e. The van der Waals surface area contributed by atoms with Crippen LogP contribution in [-0.4, -0.2) is 29.3 Å². The van der Waals surface area contributed by atoms with Gasteiger partial charge in [0.25, 0.3) is 5.91 Å². The Labute approximate surface area is 146 Å². The zero-order valence-electron chi connectivity index (χ0n) is 14.3. The molecule has 6 heteroatoms. The van der Waals surface area contributed by atoms with Gasteiger partial charge in [0.15, 0.2) is 11.4 Å². The molecular weight excluding hydrogens is 321 g/mol. The van der Waals surface area contributed by atoms with Crippen molar-refractivity contribution in [1.29, 1.82) is 0 Å². The highest BCUT2D eigenvalue weighted by Gasteiger charge is 2.18. The SMILES string of the molecule is COc1cn(-c2ccc(F)cc2)nc1C(=O)NCCC1=CCCCC1. The second-order valence-corrected chi connectivity index (χ2v) is 6.08. The smallest absolute Gasteiger partial charge is 0.275 e. The first-order chi connectivity index (χ1) is 12.2. The number of carbonyl (C=O) groups excluding carboxylic acids is 1. The predicted octanol–water partition coefficient (Wildman–Crippen LogP) is 3.64. The lowest BCUT2D eigenvalue weighted by atomic mass is 9.97. The van der Waals surface area contributed by atoms with Gasteiger partial charge in [0.05, 0.1) is 19.0 Å². The third kappa shape index (κ3) is 4.26. The van der Waals surface area contributed by atoms with Crippen molar-refractivity contribution in [2.45, 2.75) is 32.1 Å². The molecule has 0 saturated carbocycles. The number of hydrogen-bond acceptors (Lipinski definition) is 3. The van der Waals surface area contributed by atoms with Crippen LogP contribution in [0.15, 0.2) is 42.1 Å². The number of methoxy groups -OCH3 is 1. The highest BCUT2D eigenvalue weighted by Crippen LogP contribution is 2.21. The topological polar surface area (TPSA) is 56.2 Å². The normalized spacial score (nSPS) is 14.1. The Balaban J connectivity index is 1.67. The fourth-order valence-corrected chi connectivity index (χ4v) is 2.94. The lowest BCUT2D eigenvalue weighted by Gasteiger charge is -2.12. The van der Waals surface area contributed by atoms with Crippen LogP contribution in [0.5, 0.6) is 5.75 Å². The van der Waals surface area contributed by atoms with Crippen molar-refractivity contribution in [2.24, 2.45) is 0 Å². The van der Waals surface area contributed by atoms with Gasteiger partial charge in [-0.3, -0.25) is 4.79 Å². The van der Waals surface area contributed by atoms with Gasteiger partial charge < -0.3 is 10.1 Å². The first kappa shape index (κ1) is 17.2. The molecule has 2 aromatic rings. The number of amides is 1. The molecule has 0 atom stereocenters. The summed E-state index contributed by atoms with van der Waals surface area (Å²) >= 11 is 0. The first-order valence-electron chi connectivity index (χ1n) is 8.53. The number of allylic oxidation sites excluding steroid dienone is 1. The van der Waals surface area contributed by atoms with Gasteiger partial charge in [-0.1, -0.05) is 11.6 Å². The van der Waals surface area contributed by atoms with E-state index in [-0.39, 0.29) is 17.4 Å². The molecule has 1 heterocycles. The van der Waals surface area contributed by atoms with E-state index in [4.69, 9.17) is 4.74 Å². The maximum atomic E-state index is 13.1. The van der Waals surface area contributed by atoms with Gasteiger partial charge in [-0.2, -0.15) is 5.10 Å². The zero-order chi connectivity index (χ0) is 17.6. The summed E-state index contributed by atoms with van der Waals surface area (Å²) in [7, 11) is 1.50. The van der Waals surface area contributed by atoms with Gasteiger partial charge in [0, 0.05) is 6.54 Å². The molecule has 0 radical (unpaired) electrons. The van der Waals surface area contributed by atoms with E-state index >= 15 is 0 Å². The maximum absolute atomic E-state index is 13.1. The molecule has 1 amide bonds. The third-order valence-electron chi connectivity index (χ3n) is 4.32. The number of aromatic nitrogens is 2. The van der Waals surface area contributed by atoms with Gasteiger partial charge >= 0.3 is 0 Å². The van der Waals surface area contributed by atoms with Crippen molar-refractivity contribution in [2.75, 3.05) is 13.7 Å². The second kappa shape index (κ2) is 7.96. The summed E-state index contributed by atoms with van der Waals surface area (Å²) in [6.45, 7) is 0.581. The molecule has 0 aliphatic heterocycles. The summed E-state index contributed by atoms with van der Waals surface area (Å²) in [6.07, 6.45) is 9.51. The monoisotopic (exact) mass is 343 g/mol. The van der Waals surface area contributed by atoms with Crippen LogP contribution in [0, 0.1) is 5.82 Å². The lowest BCUT2D eigenvalue weighted by molar-refractivity contribution is 0.0945. The molecule has 5 nitrogen and oxygen atoms in total. The summed E-state index contributed by atoms with van der Waals surface area (Å²) in [6, 6.07) is 5.89. The van der Waals surface area contributed by atoms with Crippen molar-refractivity contribution in [1.82, 2.24) is 15.1 Å². The van der Waals surface area contributed by atoms with Crippen LogP contribution in [0.1, 0.15) is 42.6 Å². The molecule has 25 heavy (non-hydrogen) atoms. The number of carbonyl (C=O) groups is 1. The summed E-state index contributed by atoms with van der Waals surface area (Å²) in [4.78, 5) is 12.4. The Kier molecular flexibility index (Phi) is 5.48. The number of rotatable bonds is 6. The molecule has 0 bridgehead atoms. The fraction of sp³-hybridized carbons (Fsp3) is 0.368. The van der Waals surface area contributed by atoms with Crippen molar-refractivity contribution >= 4 is 5.91 Å². The molecule has 1 N–H and O–H groups in total. The molecule has 3 rings (SSSR count). The molecule has 1 aliphatic rings. The number of benzene rings is 1. The summed E-state index contributed by atoms with van der Waals surface area (Å²) in [5.74, 6) is -0.203. The lowest BCUT2D eigenvalue weighted by Crippen LogP contribution is -2.26. The molecule has 0 spiro atoms. The van der Waals surface area contributed by atoms with Crippen molar-refractivity contribution in [3.8, 4) is 11.4 Å². The Morgan fingerprint density at radius 3 is 2.80 bits per heavy atom. The van der Waals surface area contributed by atoms with E-state index in [2.05, 4.69) is 16.5 Å². The van der Waals surface area contributed by atoms with E-state index in [1.807, 2.05) is 0 Å². The van der Waals surface area contributed by atoms with E-state index in [0.29, 0.717) is 18.0 Å². The van der Waals surface area contributed by atoms with E-state index in [9.17, 15) is 9.18 Å². The summed E-state index contributed by atoms with van der Waals surface area (Å²) in [5.41, 5.74) is 2.30. The van der Waals surface area contributed by atoms with Crippen LogP contribution in [-0.2, 0) is 0 Å². The van der Waals surface area contributed by atoms with Crippen LogP contribution in [0.4, 0.5) is 4.39 Å². The van der Waals surface area contributed by atoms with Gasteiger partial charge in [0.1, 0.15) is 5.82 Å². The number of hydrogen-bond donors (Lipinski definition) is 1. The maximum Gasteiger partial charge on any atom is 0.275 e. The molecule has 1 aromatic carbocycles. The average molecular weight is 343 g/mol. The minimum absolute atomic E-state index is 0.226. The number of ether oxygens (including phenoxy) is 1. The predicted molar refractivity (Wildman–Crippen MR) is 93.6 cm³/mol. The molecule has 132 valence electrons. The van der Waals surface area contributed by atoms with E-state index < -0.39 is 0 Å². The number of nitrogens with zero attached hydrogens (tertiary/aromatic N) is 2. The molecule has 0 saturated heterocycles. The van der Waals surface area contributed by atoms with Crippen LogP contribution >= 0.6 is 0 Å². The van der Waals surface area contributed by atoms with Crippen molar-refractivity contribution in [3.05, 3.63) is 53.6 Å². The quantitative estimate of drug-likeness (QED) is 0.815. The molecule has 1 aromatic heterocycles. The van der Waals surface area contributed by atoms with Gasteiger partial charge in [-0.25, -0.2) is 9.07 Å². The number of halogens is 1. The van der Waals surface area contributed by atoms with Gasteiger partial charge in [-0.05, 0) is 56.4 Å². The van der Waals surface area contributed by atoms with Crippen LogP contribution in [0.2, 0.25) is 0 Å². The Morgan fingerprint density at radius 2 is 2.12 bits per heavy atom. The van der Waals surface area contributed by atoms with Crippen LogP contribution < -0.4 is 10.1 Å². The third-order valence-corrected chi connectivity index (χ3v) is 4.32. The highest BCUT2D eigenvalue weighted by molar-refractivity contribution is 5.94. The molecule has 0 fully saturated rings. The van der Waals surface area contributed by atoms with Crippen LogP contribution in [0.3, 0.4) is 0 Å². The average Bonchev–Trinajstić information content (AvgIpc) is 3.07. The fourth-order valence-electron chi connectivity index (χ4n) is 2.94. The first-order valence-corrected chi connectivity index (χ1v) is 8.53. The zero-order valence-corrected chi connectivity index (χ0v) is 14.3. The van der Waals surface area contributed by atoms with E-state index in [1.165, 1.54) is 42.3 Å². The summed E-state index contributed by atoms with van der Waals surface area (Å²) < 4.78 is 19.8. The van der Waals surface area contributed by atoms with Gasteiger partial charge in [-0.15, -0.1) is 0 Å². The Morgan fingerprint density at radius 1 is 1.32 bits per heavy atom. The standard InChI is InChI=1S/C19H22FN3O2/c1-25-17-13-23(16-9-7-15(20)8-10-16)22-18(17)19(24)21-12-11-14-5-3-2-4-6-14/h5,7-10,13H,2-4,6,11-12H2,1H3,(H,21,24). The van der Waals surface area contributed by atoms with Crippen molar-refractivity contribution in [3.63, 3.8) is 0 Å². The Bertz CT molecular complexity index is 765. The van der Waals surface area contributed by atoms with E-state index in [0.717, 1.165) is 19.3 Å². The highest BCUT2D eigenvalue weighted by atomic mass is 19.1. The van der Waals surface area contributed by atoms with Gasteiger partial charge in [0.2, 0.25) is 0 Å². The Hall–Kier alpha value is -2.63. The van der Waals surface area contributed by atoms with Crippen molar-refractivity contribution < 1.29 is 13.9 Å². The molecular formula is C19H22FN3O2. The summed E-state index contributed by atoms with van der Waals surface area (Å²) in [5, 5.41) is 7.19. The number of nitrogens with one attached hydrogen (secondary N) is 1. The van der Waals surface area contributed by atoms with Crippen LogP contribution in [0.25, 0.3) is 5.69 Å². The second-order valence-electron chi connectivity index (χ2n) is 6.08.